The molecule has 2 fully saturated rings. The Kier molecular flexibility index (Phi) is 3.60. The summed E-state index contributed by atoms with van der Waals surface area (Å²) >= 11 is 0. The lowest BCUT2D eigenvalue weighted by molar-refractivity contribution is 0.102. The molecule has 104 valence electrons. The van der Waals surface area contributed by atoms with Crippen molar-refractivity contribution in [2.75, 3.05) is 43.9 Å². The van der Waals surface area contributed by atoms with Crippen LogP contribution in [0.4, 0.5) is 11.5 Å². The molecule has 2 atom stereocenters. The van der Waals surface area contributed by atoms with Gasteiger partial charge in [0, 0.05) is 44.1 Å². The molecule has 4 nitrogen and oxygen atoms in total. The van der Waals surface area contributed by atoms with Crippen molar-refractivity contribution in [2.24, 2.45) is 5.92 Å². The molecule has 4 heteroatoms. The number of nitrogens with one attached hydrogen (secondary N) is 1. The third kappa shape index (κ3) is 2.54. The van der Waals surface area contributed by atoms with Crippen molar-refractivity contribution in [1.82, 2.24) is 9.88 Å². The lowest BCUT2D eigenvalue weighted by Crippen LogP contribution is -2.52. The molecule has 0 saturated carbocycles. The van der Waals surface area contributed by atoms with Crippen molar-refractivity contribution in [3.8, 4) is 0 Å². The molecule has 1 aromatic rings. The van der Waals surface area contributed by atoms with Gasteiger partial charge in [0.15, 0.2) is 0 Å². The fourth-order valence-electron chi connectivity index (χ4n) is 3.64. The van der Waals surface area contributed by atoms with Crippen molar-refractivity contribution < 1.29 is 0 Å². The summed E-state index contributed by atoms with van der Waals surface area (Å²) in [5.41, 5.74) is 1.31. The Balaban J connectivity index is 1.73. The number of piperidine rings is 2. The summed E-state index contributed by atoms with van der Waals surface area (Å²) in [6.45, 7) is 3.64. The van der Waals surface area contributed by atoms with Crippen LogP contribution < -0.4 is 10.2 Å². The van der Waals surface area contributed by atoms with Gasteiger partial charge in [-0.05, 0) is 44.8 Å². The van der Waals surface area contributed by atoms with E-state index in [4.69, 9.17) is 0 Å². The number of anilines is 2. The zero-order chi connectivity index (χ0) is 13.2. The van der Waals surface area contributed by atoms with Gasteiger partial charge in [0.05, 0.1) is 0 Å². The van der Waals surface area contributed by atoms with E-state index in [2.05, 4.69) is 39.3 Å². The van der Waals surface area contributed by atoms with E-state index in [1.54, 1.807) is 0 Å². The monoisotopic (exact) mass is 260 g/mol. The van der Waals surface area contributed by atoms with E-state index < -0.39 is 0 Å². The molecule has 0 radical (unpaired) electrons. The number of aromatic nitrogens is 1. The second-order valence-electron chi connectivity index (χ2n) is 5.83. The summed E-state index contributed by atoms with van der Waals surface area (Å²) in [4.78, 5) is 9.40. The van der Waals surface area contributed by atoms with E-state index in [1.807, 2.05) is 13.2 Å². The molecular weight excluding hydrogens is 236 g/mol. The number of fused-ring (bicyclic) bond motifs is 1. The normalized spacial score (nSPS) is 28.0. The SMILES string of the molecule is CNc1cc(N2CCC3C(CCCN3C)C2)ccn1. The van der Waals surface area contributed by atoms with E-state index in [0.717, 1.165) is 17.8 Å². The number of pyridine rings is 1. The Labute approximate surface area is 115 Å². The standard InChI is InChI=1S/C15H24N4/c1-16-15-10-13(5-7-17-15)19-9-6-14-12(11-19)4-3-8-18(14)2/h5,7,10,12,14H,3-4,6,8-9,11H2,1-2H3,(H,16,17). The predicted molar refractivity (Wildman–Crippen MR) is 79.8 cm³/mol. The van der Waals surface area contributed by atoms with Crippen molar-refractivity contribution in [1.29, 1.82) is 0 Å². The highest BCUT2D eigenvalue weighted by molar-refractivity contribution is 5.54. The van der Waals surface area contributed by atoms with E-state index in [9.17, 15) is 0 Å². The smallest absolute Gasteiger partial charge is 0.127 e. The molecule has 0 spiro atoms. The first-order valence-electron chi connectivity index (χ1n) is 7.37. The first kappa shape index (κ1) is 12.7. The summed E-state index contributed by atoms with van der Waals surface area (Å²) < 4.78 is 0. The highest BCUT2D eigenvalue weighted by atomic mass is 15.2. The van der Waals surface area contributed by atoms with Crippen molar-refractivity contribution in [2.45, 2.75) is 25.3 Å². The van der Waals surface area contributed by atoms with Gasteiger partial charge >= 0.3 is 0 Å². The van der Waals surface area contributed by atoms with Gasteiger partial charge in [-0.1, -0.05) is 0 Å². The summed E-state index contributed by atoms with van der Waals surface area (Å²) in [7, 11) is 4.21. The van der Waals surface area contributed by atoms with Crippen molar-refractivity contribution in [3.05, 3.63) is 18.3 Å². The van der Waals surface area contributed by atoms with Crippen LogP contribution in [0.1, 0.15) is 19.3 Å². The first-order chi connectivity index (χ1) is 9.28. The van der Waals surface area contributed by atoms with Gasteiger partial charge in [0.2, 0.25) is 0 Å². The van der Waals surface area contributed by atoms with Gasteiger partial charge < -0.3 is 15.1 Å². The molecule has 2 aliphatic rings. The molecular formula is C15H24N4. The number of rotatable bonds is 2. The molecule has 1 N–H and O–H groups in total. The quantitative estimate of drug-likeness (QED) is 0.882. The fraction of sp³-hybridized carbons (Fsp3) is 0.667. The topological polar surface area (TPSA) is 31.4 Å². The molecule has 2 unspecified atom stereocenters. The van der Waals surface area contributed by atoms with Crippen LogP contribution in [0.2, 0.25) is 0 Å². The largest absolute Gasteiger partial charge is 0.373 e. The number of hydrogen-bond acceptors (Lipinski definition) is 4. The van der Waals surface area contributed by atoms with E-state index >= 15 is 0 Å². The summed E-state index contributed by atoms with van der Waals surface area (Å²) in [6, 6.07) is 5.09. The molecule has 19 heavy (non-hydrogen) atoms. The highest BCUT2D eigenvalue weighted by Gasteiger charge is 2.34. The maximum absolute atomic E-state index is 4.30. The summed E-state index contributed by atoms with van der Waals surface area (Å²) in [6.07, 6.45) is 5.93. The molecule has 1 aromatic heterocycles. The second-order valence-corrected chi connectivity index (χ2v) is 5.83. The van der Waals surface area contributed by atoms with Crippen LogP contribution in [0.15, 0.2) is 18.3 Å². The molecule has 3 rings (SSSR count). The Morgan fingerprint density at radius 3 is 3.05 bits per heavy atom. The Hall–Kier alpha value is -1.29. The maximum atomic E-state index is 4.30. The van der Waals surface area contributed by atoms with Crippen LogP contribution in [-0.4, -0.2) is 49.7 Å². The second kappa shape index (κ2) is 5.37. The van der Waals surface area contributed by atoms with E-state index in [-0.39, 0.29) is 0 Å². The average molecular weight is 260 g/mol. The molecule has 2 aliphatic heterocycles. The minimum Gasteiger partial charge on any atom is -0.373 e. The van der Waals surface area contributed by atoms with Gasteiger partial charge in [0.1, 0.15) is 5.82 Å². The third-order valence-electron chi connectivity index (χ3n) is 4.71. The molecule has 0 bridgehead atoms. The molecule has 3 heterocycles. The maximum Gasteiger partial charge on any atom is 0.127 e. The number of nitrogens with zero attached hydrogens (tertiary/aromatic N) is 3. The lowest BCUT2D eigenvalue weighted by Gasteiger charge is -2.46. The Bertz CT molecular complexity index is 434. The number of likely N-dealkylation sites (tertiary alicyclic amines) is 1. The molecule has 0 aliphatic carbocycles. The predicted octanol–water partition coefficient (Wildman–Crippen LogP) is 2.04. The fourth-order valence-corrected chi connectivity index (χ4v) is 3.64. The van der Waals surface area contributed by atoms with Crippen LogP contribution in [0.5, 0.6) is 0 Å². The van der Waals surface area contributed by atoms with Gasteiger partial charge in [-0.3, -0.25) is 0 Å². The third-order valence-corrected chi connectivity index (χ3v) is 4.71. The van der Waals surface area contributed by atoms with E-state index in [1.165, 1.54) is 44.6 Å². The van der Waals surface area contributed by atoms with Crippen LogP contribution in [0, 0.1) is 5.92 Å². The highest BCUT2D eigenvalue weighted by Crippen LogP contribution is 2.32. The van der Waals surface area contributed by atoms with Crippen LogP contribution in [-0.2, 0) is 0 Å². The first-order valence-corrected chi connectivity index (χ1v) is 7.37. The van der Waals surface area contributed by atoms with Crippen LogP contribution in [0.25, 0.3) is 0 Å². The van der Waals surface area contributed by atoms with Crippen LogP contribution in [0.3, 0.4) is 0 Å². The zero-order valence-corrected chi connectivity index (χ0v) is 12.0. The Morgan fingerprint density at radius 1 is 1.32 bits per heavy atom. The molecule has 0 aromatic carbocycles. The lowest BCUT2D eigenvalue weighted by atomic mass is 9.84. The zero-order valence-electron chi connectivity index (χ0n) is 12.0. The van der Waals surface area contributed by atoms with Gasteiger partial charge in [-0.15, -0.1) is 0 Å². The average Bonchev–Trinajstić information content (AvgIpc) is 2.47. The van der Waals surface area contributed by atoms with Gasteiger partial charge in [-0.2, -0.15) is 0 Å². The minimum atomic E-state index is 0.801. The summed E-state index contributed by atoms with van der Waals surface area (Å²) in [5, 5.41) is 3.12. The van der Waals surface area contributed by atoms with Gasteiger partial charge in [-0.25, -0.2) is 4.98 Å². The minimum absolute atomic E-state index is 0.801. The van der Waals surface area contributed by atoms with Crippen molar-refractivity contribution in [3.63, 3.8) is 0 Å². The van der Waals surface area contributed by atoms with Gasteiger partial charge in [0.25, 0.3) is 0 Å². The summed E-state index contributed by atoms with van der Waals surface area (Å²) in [5.74, 6) is 1.79. The van der Waals surface area contributed by atoms with Crippen LogP contribution >= 0.6 is 0 Å². The Morgan fingerprint density at radius 2 is 2.21 bits per heavy atom. The molecule has 0 amide bonds. The van der Waals surface area contributed by atoms with Crippen molar-refractivity contribution >= 4 is 11.5 Å². The van der Waals surface area contributed by atoms with E-state index in [0.29, 0.717) is 0 Å². The number of hydrogen-bond donors (Lipinski definition) is 1. The molecule has 2 saturated heterocycles.